The van der Waals surface area contributed by atoms with E-state index in [2.05, 4.69) is 10.3 Å². The molecule has 0 saturated carbocycles. The molecule has 0 bridgehead atoms. The first-order chi connectivity index (χ1) is 15.0. The number of amides is 1. The third-order valence-electron chi connectivity index (χ3n) is 5.47. The fraction of sp³-hybridized carbons (Fsp3) is 0.154. The van der Waals surface area contributed by atoms with Crippen LogP contribution in [0.3, 0.4) is 0 Å². The number of aliphatic hydroxyl groups excluding tert-OH is 1. The van der Waals surface area contributed by atoms with Crippen LogP contribution in [0.2, 0.25) is 0 Å². The summed E-state index contributed by atoms with van der Waals surface area (Å²) in [6.07, 6.45) is 1.78. The third-order valence-corrected chi connectivity index (χ3v) is 5.47. The highest BCUT2D eigenvalue weighted by atomic mass is 19.1. The van der Waals surface area contributed by atoms with Crippen molar-refractivity contribution in [2.24, 2.45) is 0 Å². The molecule has 4 aromatic rings. The fourth-order valence-corrected chi connectivity index (χ4v) is 3.57. The minimum Gasteiger partial charge on any atom is -0.388 e. The smallest absolute Gasteiger partial charge is 0.255 e. The molecule has 0 radical (unpaired) electrons. The molecule has 4 nitrogen and oxygen atoms in total. The minimum atomic E-state index is -0.533. The average molecular weight is 414 g/mol. The van der Waals surface area contributed by atoms with E-state index in [9.17, 15) is 14.3 Å². The molecule has 5 heteroatoms. The number of pyridine rings is 1. The van der Waals surface area contributed by atoms with E-state index in [1.54, 1.807) is 30.5 Å². The third kappa shape index (κ3) is 4.32. The molecule has 0 aliphatic rings. The number of carbonyl (C=O) groups is 1. The summed E-state index contributed by atoms with van der Waals surface area (Å²) in [6, 6.07) is 19.1. The van der Waals surface area contributed by atoms with Crippen LogP contribution in [0.15, 0.2) is 72.9 Å². The van der Waals surface area contributed by atoms with Gasteiger partial charge in [-0.05, 0) is 72.0 Å². The average Bonchev–Trinajstić information content (AvgIpc) is 2.80. The summed E-state index contributed by atoms with van der Waals surface area (Å²) in [7, 11) is 0. The molecule has 1 heterocycles. The van der Waals surface area contributed by atoms with Crippen LogP contribution in [0, 0.1) is 12.7 Å². The fourth-order valence-electron chi connectivity index (χ4n) is 3.57. The second kappa shape index (κ2) is 8.66. The van der Waals surface area contributed by atoms with Gasteiger partial charge in [-0.3, -0.25) is 9.78 Å². The van der Waals surface area contributed by atoms with E-state index in [4.69, 9.17) is 0 Å². The molecule has 4 rings (SSSR count). The highest BCUT2D eigenvalue weighted by Crippen LogP contribution is 2.27. The molecule has 31 heavy (non-hydrogen) atoms. The van der Waals surface area contributed by atoms with Gasteiger partial charge in [-0.15, -0.1) is 0 Å². The lowest BCUT2D eigenvalue weighted by Gasteiger charge is -2.13. The molecular weight excluding hydrogens is 391 g/mol. The number of aliphatic hydroxyl groups is 1. The summed E-state index contributed by atoms with van der Waals surface area (Å²) in [5.74, 6) is -0.496. The number of nitrogens with one attached hydrogen (secondary N) is 1. The Balaban J connectivity index is 1.55. The lowest BCUT2D eigenvalue weighted by molar-refractivity contribution is 0.102. The van der Waals surface area contributed by atoms with Crippen LogP contribution in [0.25, 0.3) is 22.0 Å². The van der Waals surface area contributed by atoms with E-state index in [0.717, 1.165) is 33.2 Å². The zero-order valence-corrected chi connectivity index (χ0v) is 17.4. The molecule has 3 aromatic carbocycles. The zero-order chi connectivity index (χ0) is 22.0. The standard InChI is InChI=1S/C26H23FN2O2/c1-3-24(30)21-14-20-10-13-23(16(2)25(20)28-15-21)29-26(31)19-6-4-17(5-7-19)18-8-11-22(27)12-9-18/h4-15,24,30H,3H2,1-2H3,(H,29,31). The number of rotatable bonds is 5. The zero-order valence-electron chi connectivity index (χ0n) is 17.4. The number of nitrogens with zero attached hydrogens (tertiary/aromatic N) is 1. The van der Waals surface area contributed by atoms with E-state index >= 15 is 0 Å². The number of hydrogen-bond donors (Lipinski definition) is 2. The van der Waals surface area contributed by atoms with E-state index in [-0.39, 0.29) is 11.7 Å². The van der Waals surface area contributed by atoms with Crippen LogP contribution in [0.5, 0.6) is 0 Å². The topological polar surface area (TPSA) is 62.2 Å². The number of benzene rings is 3. The van der Waals surface area contributed by atoms with Crippen molar-refractivity contribution in [1.82, 2.24) is 4.98 Å². The number of anilines is 1. The van der Waals surface area contributed by atoms with Gasteiger partial charge in [0.2, 0.25) is 0 Å². The monoisotopic (exact) mass is 414 g/mol. The van der Waals surface area contributed by atoms with Gasteiger partial charge in [0.1, 0.15) is 5.82 Å². The predicted molar refractivity (Wildman–Crippen MR) is 122 cm³/mol. The molecule has 0 aliphatic carbocycles. The predicted octanol–water partition coefficient (Wildman–Crippen LogP) is 6.05. The van der Waals surface area contributed by atoms with Gasteiger partial charge in [-0.1, -0.05) is 37.3 Å². The highest BCUT2D eigenvalue weighted by Gasteiger charge is 2.12. The molecule has 0 fully saturated rings. The summed E-state index contributed by atoms with van der Waals surface area (Å²) in [6.45, 7) is 3.84. The molecule has 0 spiro atoms. The van der Waals surface area contributed by atoms with Crippen molar-refractivity contribution in [3.05, 3.63) is 95.4 Å². The van der Waals surface area contributed by atoms with Gasteiger partial charge in [-0.25, -0.2) is 4.39 Å². The summed E-state index contributed by atoms with van der Waals surface area (Å²) < 4.78 is 13.1. The largest absolute Gasteiger partial charge is 0.388 e. The second-order valence-electron chi connectivity index (χ2n) is 7.54. The molecule has 1 aromatic heterocycles. The van der Waals surface area contributed by atoms with Gasteiger partial charge in [-0.2, -0.15) is 0 Å². The van der Waals surface area contributed by atoms with Crippen LogP contribution in [0.4, 0.5) is 10.1 Å². The van der Waals surface area contributed by atoms with Gasteiger partial charge in [0.05, 0.1) is 11.6 Å². The molecule has 0 saturated heterocycles. The van der Waals surface area contributed by atoms with Crippen LogP contribution in [-0.2, 0) is 0 Å². The first-order valence-corrected chi connectivity index (χ1v) is 10.2. The van der Waals surface area contributed by atoms with Crippen molar-refractivity contribution in [3.8, 4) is 11.1 Å². The van der Waals surface area contributed by atoms with Crippen LogP contribution >= 0.6 is 0 Å². The number of fused-ring (bicyclic) bond motifs is 1. The van der Waals surface area contributed by atoms with Gasteiger partial charge in [0.25, 0.3) is 5.91 Å². The van der Waals surface area contributed by atoms with E-state index in [0.29, 0.717) is 17.7 Å². The first-order valence-electron chi connectivity index (χ1n) is 10.2. The van der Waals surface area contributed by atoms with Crippen LogP contribution in [-0.4, -0.2) is 16.0 Å². The Morgan fingerprint density at radius 3 is 2.32 bits per heavy atom. The number of halogens is 1. The Hall–Kier alpha value is -3.57. The van der Waals surface area contributed by atoms with Crippen LogP contribution < -0.4 is 5.32 Å². The van der Waals surface area contributed by atoms with Gasteiger partial charge in [0.15, 0.2) is 0 Å². The van der Waals surface area contributed by atoms with Crippen molar-refractivity contribution in [2.45, 2.75) is 26.4 Å². The Labute approximate surface area is 180 Å². The normalized spacial score (nSPS) is 12.0. The summed E-state index contributed by atoms with van der Waals surface area (Å²) in [5, 5.41) is 13.9. The lowest BCUT2D eigenvalue weighted by Crippen LogP contribution is -2.13. The Morgan fingerprint density at radius 1 is 1.03 bits per heavy atom. The van der Waals surface area contributed by atoms with Crippen LogP contribution in [0.1, 0.15) is 40.9 Å². The summed E-state index contributed by atoms with van der Waals surface area (Å²) in [5.41, 5.74) is 5.46. The SMILES string of the molecule is CCC(O)c1cnc2c(C)c(NC(=O)c3ccc(-c4ccc(F)cc4)cc3)ccc2c1. The number of hydrogen-bond acceptors (Lipinski definition) is 3. The highest BCUT2D eigenvalue weighted by molar-refractivity contribution is 6.06. The minimum absolute atomic E-state index is 0.217. The van der Waals surface area contributed by atoms with E-state index in [1.807, 2.05) is 44.2 Å². The van der Waals surface area contributed by atoms with Crippen molar-refractivity contribution in [3.63, 3.8) is 0 Å². The number of carbonyl (C=O) groups excluding carboxylic acids is 1. The first kappa shape index (κ1) is 20.7. The number of aryl methyl sites for hydroxylation is 1. The Morgan fingerprint density at radius 2 is 1.68 bits per heavy atom. The lowest BCUT2D eigenvalue weighted by atomic mass is 10.0. The van der Waals surface area contributed by atoms with Crippen molar-refractivity contribution >= 4 is 22.5 Å². The molecule has 1 atom stereocenters. The molecule has 2 N–H and O–H groups in total. The van der Waals surface area contributed by atoms with Crippen molar-refractivity contribution in [1.29, 1.82) is 0 Å². The molecular formula is C26H23FN2O2. The van der Waals surface area contributed by atoms with Gasteiger partial charge in [0, 0.05) is 22.8 Å². The molecule has 156 valence electrons. The van der Waals surface area contributed by atoms with Crippen molar-refractivity contribution in [2.75, 3.05) is 5.32 Å². The van der Waals surface area contributed by atoms with E-state index < -0.39 is 6.10 Å². The maximum absolute atomic E-state index is 13.1. The Kier molecular flexibility index (Phi) is 5.78. The quantitative estimate of drug-likeness (QED) is 0.418. The summed E-state index contributed by atoms with van der Waals surface area (Å²) >= 11 is 0. The number of aromatic nitrogens is 1. The Bertz CT molecular complexity index is 1230. The molecule has 0 aliphatic heterocycles. The maximum atomic E-state index is 13.1. The van der Waals surface area contributed by atoms with Crippen molar-refractivity contribution < 1.29 is 14.3 Å². The molecule has 1 unspecified atom stereocenters. The van der Waals surface area contributed by atoms with E-state index in [1.165, 1.54) is 12.1 Å². The van der Waals surface area contributed by atoms with Gasteiger partial charge < -0.3 is 10.4 Å². The second-order valence-corrected chi connectivity index (χ2v) is 7.54. The van der Waals surface area contributed by atoms with Gasteiger partial charge >= 0.3 is 0 Å². The molecule has 1 amide bonds. The summed E-state index contributed by atoms with van der Waals surface area (Å²) in [4.78, 5) is 17.3. The maximum Gasteiger partial charge on any atom is 0.255 e.